The maximum absolute atomic E-state index is 12.8. The Morgan fingerprint density at radius 3 is 2.03 bits per heavy atom. The van der Waals surface area contributed by atoms with Crippen LogP contribution in [0.3, 0.4) is 0 Å². The number of unbranched alkanes of at least 4 members (excludes halogenated alkanes) is 3. The van der Waals surface area contributed by atoms with Crippen LogP contribution in [0.15, 0.2) is 0 Å². The Morgan fingerprint density at radius 1 is 0.886 bits per heavy atom. The van der Waals surface area contributed by atoms with E-state index in [1.807, 2.05) is 20.8 Å². The number of rotatable bonds is 12. The number of carbonyl (C=O) groups excluding carboxylic acids is 4. The van der Waals surface area contributed by atoms with Gasteiger partial charge in [-0.15, -0.1) is 0 Å². The van der Waals surface area contributed by atoms with E-state index in [4.69, 9.17) is 0 Å². The number of hydrogen-bond acceptors (Lipinski definition) is 4. The zero-order valence-electron chi connectivity index (χ0n) is 23.2. The number of amides is 3. The van der Waals surface area contributed by atoms with Gasteiger partial charge in [0.25, 0.3) is 0 Å². The molecule has 0 aromatic carbocycles. The van der Waals surface area contributed by atoms with E-state index in [-0.39, 0.29) is 40.4 Å². The smallest absolute Gasteiger partial charge is 0.233 e. The molecule has 1 saturated carbocycles. The molecule has 2 aliphatic rings. The number of carbonyl (C=O) groups is 4. The molecule has 3 amide bonds. The summed E-state index contributed by atoms with van der Waals surface area (Å²) in [5.74, 6) is 0.694. The fourth-order valence-electron chi connectivity index (χ4n) is 5.28. The second-order valence-corrected chi connectivity index (χ2v) is 13.2. The highest BCUT2D eigenvalue weighted by molar-refractivity contribution is 6.03. The molecule has 0 spiro atoms. The van der Waals surface area contributed by atoms with Gasteiger partial charge < -0.3 is 5.32 Å². The molecule has 1 unspecified atom stereocenters. The third-order valence-electron chi connectivity index (χ3n) is 7.81. The third kappa shape index (κ3) is 10.0. The highest BCUT2D eigenvalue weighted by atomic mass is 16.2. The Hall–Kier alpha value is -1.72. The van der Waals surface area contributed by atoms with Crippen molar-refractivity contribution in [3.63, 3.8) is 0 Å². The second kappa shape index (κ2) is 13.0. The summed E-state index contributed by atoms with van der Waals surface area (Å²) in [5.41, 5.74) is 0.0465. The summed E-state index contributed by atoms with van der Waals surface area (Å²) in [4.78, 5) is 51.2. The molecule has 0 bridgehead atoms. The van der Waals surface area contributed by atoms with Crippen molar-refractivity contribution < 1.29 is 19.2 Å². The Balaban J connectivity index is 1.57. The summed E-state index contributed by atoms with van der Waals surface area (Å²) in [7, 11) is 0. The van der Waals surface area contributed by atoms with E-state index < -0.39 is 0 Å². The molecule has 1 aliphatic heterocycles. The van der Waals surface area contributed by atoms with E-state index in [1.54, 1.807) is 0 Å². The molecule has 200 valence electrons. The molecule has 0 radical (unpaired) electrons. The van der Waals surface area contributed by atoms with Crippen LogP contribution in [0.1, 0.15) is 119 Å². The predicted octanol–water partition coefficient (Wildman–Crippen LogP) is 5.68. The monoisotopic (exact) mass is 490 g/mol. The van der Waals surface area contributed by atoms with Crippen molar-refractivity contribution in [3.05, 3.63) is 0 Å². The lowest BCUT2D eigenvalue weighted by Crippen LogP contribution is -2.38. The van der Waals surface area contributed by atoms with Gasteiger partial charge in [-0.1, -0.05) is 54.4 Å². The minimum atomic E-state index is -0.212. The van der Waals surface area contributed by atoms with Gasteiger partial charge in [-0.3, -0.25) is 24.1 Å². The SMILES string of the molecule is CC(C)(C)CCNC(=O)CCCCCCC(=O)C1CCC(CN2C(=O)CC(C(C)(C)C)C2=O)CC1. The average molecular weight is 491 g/mol. The van der Waals surface area contributed by atoms with Crippen LogP contribution in [0.4, 0.5) is 0 Å². The quantitative estimate of drug-likeness (QED) is 0.282. The van der Waals surface area contributed by atoms with E-state index in [1.165, 1.54) is 4.90 Å². The van der Waals surface area contributed by atoms with E-state index in [0.717, 1.165) is 64.3 Å². The van der Waals surface area contributed by atoms with Crippen molar-refractivity contribution in [3.8, 4) is 0 Å². The van der Waals surface area contributed by atoms with Crippen molar-refractivity contribution in [2.24, 2.45) is 28.6 Å². The summed E-state index contributed by atoms with van der Waals surface area (Å²) in [5, 5.41) is 3.00. The molecule has 0 aromatic heterocycles. The molecular weight excluding hydrogens is 440 g/mol. The number of hydrogen-bond donors (Lipinski definition) is 1. The molecule has 1 saturated heterocycles. The number of nitrogens with zero attached hydrogens (tertiary/aromatic N) is 1. The molecule has 0 aromatic rings. The summed E-state index contributed by atoms with van der Waals surface area (Å²) >= 11 is 0. The van der Waals surface area contributed by atoms with Gasteiger partial charge in [0.05, 0.1) is 5.92 Å². The van der Waals surface area contributed by atoms with Crippen LogP contribution in [0.25, 0.3) is 0 Å². The van der Waals surface area contributed by atoms with Crippen LogP contribution in [0.5, 0.6) is 0 Å². The van der Waals surface area contributed by atoms with Gasteiger partial charge >= 0.3 is 0 Å². The Kier molecular flexibility index (Phi) is 11.0. The molecule has 6 nitrogen and oxygen atoms in total. The Labute approximate surface area is 213 Å². The van der Waals surface area contributed by atoms with E-state index in [0.29, 0.717) is 37.5 Å². The Bertz CT molecular complexity index is 739. The van der Waals surface area contributed by atoms with Crippen molar-refractivity contribution >= 4 is 23.5 Å². The van der Waals surface area contributed by atoms with Crippen LogP contribution in [0.2, 0.25) is 0 Å². The first-order chi connectivity index (χ1) is 16.3. The van der Waals surface area contributed by atoms with Crippen LogP contribution < -0.4 is 5.32 Å². The molecule has 35 heavy (non-hydrogen) atoms. The van der Waals surface area contributed by atoms with Crippen LogP contribution in [0, 0.1) is 28.6 Å². The van der Waals surface area contributed by atoms with Gasteiger partial charge in [-0.25, -0.2) is 0 Å². The van der Waals surface area contributed by atoms with Crippen LogP contribution in [-0.2, 0) is 19.2 Å². The lowest BCUT2D eigenvalue weighted by atomic mass is 9.78. The van der Waals surface area contributed by atoms with Gasteiger partial charge in [0, 0.05) is 38.3 Å². The van der Waals surface area contributed by atoms with E-state index >= 15 is 0 Å². The maximum Gasteiger partial charge on any atom is 0.233 e. The van der Waals surface area contributed by atoms with Crippen molar-refractivity contribution in [1.29, 1.82) is 0 Å². The molecule has 1 aliphatic carbocycles. The Morgan fingerprint density at radius 2 is 1.49 bits per heavy atom. The molecule has 2 rings (SSSR count). The molecular formula is C29H50N2O4. The normalized spacial score (nSPS) is 23.6. The molecule has 1 N–H and O–H groups in total. The van der Waals surface area contributed by atoms with Gasteiger partial charge in [0.1, 0.15) is 5.78 Å². The van der Waals surface area contributed by atoms with Crippen LogP contribution in [-0.4, -0.2) is 41.5 Å². The van der Waals surface area contributed by atoms with Crippen molar-refractivity contribution in [2.45, 2.75) is 119 Å². The maximum atomic E-state index is 12.8. The standard InChI is InChI=1S/C29H50N2O4/c1-28(2,3)17-18-30-25(33)12-10-8-7-9-11-24(32)22-15-13-21(14-16-22)20-31-26(34)19-23(27(31)35)29(4,5)6/h21-23H,7-20H2,1-6H3,(H,30,33). The predicted molar refractivity (Wildman–Crippen MR) is 140 cm³/mol. The second-order valence-electron chi connectivity index (χ2n) is 13.2. The average Bonchev–Trinajstić information content (AvgIpc) is 3.04. The number of Topliss-reactive ketones (excluding diaryl/α,β-unsaturated/α-hetero) is 1. The minimum Gasteiger partial charge on any atom is -0.356 e. The highest BCUT2D eigenvalue weighted by Gasteiger charge is 2.45. The summed E-state index contributed by atoms with van der Waals surface area (Å²) in [6, 6.07) is 0. The first kappa shape index (κ1) is 29.5. The van der Waals surface area contributed by atoms with Crippen LogP contribution >= 0.6 is 0 Å². The van der Waals surface area contributed by atoms with Crippen molar-refractivity contribution in [2.75, 3.05) is 13.1 Å². The zero-order chi connectivity index (χ0) is 26.2. The van der Waals surface area contributed by atoms with Gasteiger partial charge in [0.15, 0.2) is 0 Å². The van der Waals surface area contributed by atoms with E-state index in [9.17, 15) is 19.2 Å². The first-order valence-electron chi connectivity index (χ1n) is 13.9. The molecule has 1 heterocycles. The fraction of sp³-hybridized carbons (Fsp3) is 0.862. The summed E-state index contributed by atoms with van der Waals surface area (Å²) in [6.45, 7) is 13.8. The number of ketones is 1. The fourth-order valence-corrected chi connectivity index (χ4v) is 5.28. The third-order valence-corrected chi connectivity index (χ3v) is 7.81. The molecule has 6 heteroatoms. The summed E-state index contributed by atoms with van der Waals surface area (Å²) in [6.07, 6.45) is 9.84. The number of imide groups is 1. The molecule has 1 atom stereocenters. The minimum absolute atomic E-state index is 0.0110. The topological polar surface area (TPSA) is 83.6 Å². The number of nitrogens with one attached hydrogen (secondary N) is 1. The lowest BCUT2D eigenvalue weighted by Gasteiger charge is -2.31. The van der Waals surface area contributed by atoms with E-state index in [2.05, 4.69) is 26.1 Å². The van der Waals surface area contributed by atoms with Crippen molar-refractivity contribution in [1.82, 2.24) is 10.2 Å². The largest absolute Gasteiger partial charge is 0.356 e. The summed E-state index contributed by atoms with van der Waals surface area (Å²) < 4.78 is 0. The zero-order valence-corrected chi connectivity index (χ0v) is 23.2. The number of likely N-dealkylation sites (tertiary alicyclic amines) is 1. The lowest BCUT2D eigenvalue weighted by molar-refractivity contribution is -0.141. The van der Waals surface area contributed by atoms with Gasteiger partial charge in [-0.2, -0.15) is 0 Å². The van der Waals surface area contributed by atoms with Gasteiger partial charge in [0.2, 0.25) is 17.7 Å². The van der Waals surface area contributed by atoms with Gasteiger partial charge in [-0.05, 0) is 61.7 Å². The first-order valence-corrected chi connectivity index (χ1v) is 13.9. The highest BCUT2D eigenvalue weighted by Crippen LogP contribution is 2.37. The molecule has 2 fully saturated rings.